The molecule has 4 heteroatoms. The van der Waals surface area contributed by atoms with Crippen LogP contribution in [-0.4, -0.2) is 18.5 Å². The molecular formula is C14H13BrClNS. The minimum absolute atomic E-state index is 0.440. The highest BCUT2D eigenvalue weighted by Gasteiger charge is 2.26. The minimum atomic E-state index is 0.440. The number of fused-ring (bicyclic) bond motifs is 1. The molecule has 0 unspecified atom stereocenters. The monoisotopic (exact) mass is 341 g/mol. The summed E-state index contributed by atoms with van der Waals surface area (Å²) < 4.78 is 2.02. The third-order valence-electron chi connectivity index (χ3n) is 3.37. The second-order valence-electron chi connectivity index (χ2n) is 4.73. The van der Waals surface area contributed by atoms with Crippen molar-refractivity contribution in [3.8, 4) is 0 Å². The average molecular weight is 343 g/mol. The van der Waals surface area contributed by atoms with Gasteiger partial charge in [-0.3, -0.25) is 0 Å². The van der Waals surface area contributed by atoms with Crippen LogP contribution in [0.4, 0.5) is 0 Å². The first kappa shape index (κ1) is 12.7. The number of hydrogen-bond acceptors (Lipinski definition) is 2. The Bertz CT molecular complexity index is 564. The normalized spacial score (nSPS) is 19.8. The van der Waals surface area contributed by atoms with E-state index in [9.17, 15) is 0 Å². The van der Waals surface area contributed by atoms with E-state index in [1.807, 2.05) is 0 Å². The van der Waals surface area contributed by atoms with Crippen molar-refractivity contribution in [2.75, 3.05) is 13.6 Å². The minimum Gasteiger partial charge on any atom is -0.300 e. The van der Waals surface area contributed by atoms with E-state index in [4.69, 9.17) is 11.6 Å². The van der Waals surface area contributed by atoms with Crippen molar-refractivity contribution in [3.63, 3.8) is 0 Å². The summed E-state index contributed by atoms with van der Waals surface area (Å²) in [5.41, 5.74) is 2.77. The highest BCUT2D eigenvalue weighted by molar-refractivity contribution is 9.10. The number of rotatable bonds is 1. The topological polar surface area (TPSA) is 3.24 Å². The number of benzene rings is 1. The van der Waals surface area contributed by atoms with Gasteiger partial charge in [-0.15, -0.1) is 11.3 Å². The molecule has 0 radical (unpaired) electrons. The molecule has 1 nitrogen and oxygen atoms in total. The summed E-state index contributed by atoms with van der Waals surface area (Å²) in [6, 6.07) is 10.8. The first-order valence-corrected chi connectivity index (χ1v) is 7.84. The number of likely N-dealkylation sites (N-methyl/N-ethyl adjacent to an activating group) is 1. The van der Waals surface area contributed by atoms with Crippen LogP contribution in [0.3, 0.4) is 0 Å². The lowest BCUT2D eigenvalue weighted by Crippen LogP contribution is -2.29. The molecule has 0 spiro atoms. The van der Waals surface area contributed by atoms with Crippen LogP contribution in [-0.2, 0) is 6.54 Å². The lowest BCUT2D eigenvalue weighted by molar-refractivity contribution is 0.299. The number of halogens is 2. The van der Waals surface area contributed by atoms with E-state index in [0.717, 1.165) is 21.9 Å². The van der Waals surface area contributed by atoms with E-state index in [1.54, 1.807) is 11.3 Å². The summed E-state index contributed by atoms with van der Waals surface area (Å²) >= 11 is 11.4. The fourth-order valence-electron chi connectivity index (χ4n) is 2.53. The van der Waals surface area contributed by atoms with E-state index in [1.165, 1.54) is 16.0 Å². The summed E-state index contributed by atoms with van der Waals surface area (Å²) in [5, 5.41) is 0. The van der Waals surface area contributed by atoms with E-state index < -0.39 is 0 Å². The van der Waals surface area contributed by atoms with Crippen LogP contribution in [0.25, 0.3) is 0 Å². The average Bonchev–Trinajstić information content (AvgIpc) is 2.69. The Kier molecular flexibility index (Phi) is 3.50. The SMILES string of the molecule is CN1Cc2sc(Cl)cc2[C@@H](c2ccc(Br)cc2)C1. The van der Waals surface area contributed by atoms with Crippen molar-refractivity contribution in [1.82, 2.24) is 4.90 Å². The zero-order chi connectivity index (χ0) is 12.7. The molecule has 0 saturated carbocycles. The maximum Gasteiger partial charge on any atom is 0.0934 e. The third kappa shape index (κ3) is 2.37. The molecule has 0 fully saturated rings. The Morgan fingerprint density at radius 2 is 2.06 bits per heavy atom. The molecule has 1 aromatic heterocycles. The van der Waals surface area contributed by atoms with Gasteiger partial charge in [0.2, 0.25) is 0 Å². The summed E-state index contributed by atoms with van der Waals surface area (Å²) in [6.07, 6.45) is 0. The fraction of sp³-hybridized carbons (Fsp3) is 0.286. The van der Waals surface area contributed by atoms with Gasteiger partial charge in [0.05, 0.1) is 4.34 Å². The molecule has 0 bridgehead atoms. The summed E-state index contributed by atoms with van der Waals surface area (Å²) in [6.45, 7) is 2.07. The molecule has 0 saturated heterocycles. The van der Waals surface area contributed by atoms with Crippen molar-refractivity contribution in [2.24, 2.45) is 0 Å². The molecule has 2 aromatic rings. The van der Waals surface area contributed by atoms with Crippen molar-refractivity contribution < 1.29 is 0 Å². The lowest BCUT2D eigenvalue weighted by Gasteiger charge is -2.30. The standard InChI is InChI=1S/C14H13BrClNS/c1-17-7-12(9-2-4-10(15)5-3-9)11-6-14(16)18-13(11)8-17/h2-6,12H,7-8H2,1H3/t12-/m1/s1. The molecule has 1 aliphatic heterocycles. The lowest BCUT2D eigenvalue weighted by atomic mass is 9.89. The van der Waals surface area contributed by atoms with Crippen LogP contribution in [0, 0.1) is 0 Å². The van der Waals surface area contributed by atoms with E-state index in [0.29, 0.717) is 5.92 Å². The molecule has 0 amide bonds. The number of thiophene rings is 1. The first-order chi connectivity index (χ1) is 8.63. The van der Waals surface area contributed by atoms with Gasteiger partial charge < -0.3 is 4.90 Å². The zero-order valence-electron chi connectivity index (χ0n) is 9.99. The van der Waals surface area contributed by atoms with Crippen LogP contribution in [0.2, 0.25) is 4.34 Å². The first-order valence-electron chi connectivity index (χ1n) is 5.85. The number of nitrogens with zero attached hydrogens (tertiary/aromatic N) is 1. The predicted molar refractivity (Wildman–Crippen MR) is 81.6 cm³/mol. The fourth-order valence-corrected chi connectivity index (χ4v) is 4.21. The van der Waals surface area contributed by atoms with E-state index >= 15 is 0 Å². The maximum absolute atomic E-state index is 6.17. The summed E-state index contributed by atoms with van der Waals surface area (Å²) in [4.78, 5) is 3.77. The molecule has 18 heavy (non-hydrogen) atoms. The van der Waals surface area contributed by atoms with E-state index in [-0.39, 0.29) is 0 Å². The Morgan fingerprint density at radius 1 is 1.33 bits per heavy atom. The van der Waals surface area contributed by atoms with Crippen LogP contribution in [0.5, 0.6) is 0 Å². The van der Waals surface area contributed by atoms with E-state index in [2.05, 4.69) is 58.2 Å². The molecule has 0 aliphatic carbocycles. The van der Waals surface area contributed by atoms with Gasteiger partial charge in [-0.1, -0.05) is 39.7 Å². The zero-order valence-corrected chi connectivity index (χ0v) is 13.1. The van der Waals surface area contributed by atoms with Crippen molar-refractivity contribution in [2.45, 2.75) is 12.5 Å². The molecule has 94 valence electrons. The van der Waals surface area contributed by atoms with Gasteiger partial charge in [-0.05, 0) is 36.4 Å². The van der Waals surface area contributed by atoms with Gasteiger partial charge >= 0.3 is 0 Å². The molecule has 3 rings (SSSR count). The Labute approximate surface area is 125 Å². The second-order valence-corrected chi connectivity index (χ2v) is 7.41. The van der Waals surface area contributed by atoms with Gasteiger partial charge in [-0.25, -0.2) is 0 Å². The van der Waals surface area contributed by atoms with Crippen LogP contribution < -0.4 is 0 Å². The Morgan fingerprint density at radius 3 is 2.78 bits per heavy atom. The largest absolute Gasteiger partial charge is 0.300 e. The molecule has 1 aliphatic rings. The molecule has 0 N–H and O–H groups in total. The van der Waals surface area contributed by atoms with Crippen LogP contribution >= 0.6 is 38.9 Å². The van der Waals surface area contributed by atoms with Gasteiger partial charge in [0.1, 0.15) is 0 Å². The quantitative estimate of drug-likeness (QED) is 0.723. The van der Waals surface area contributed by atoms with Crippen molar-refractivity contribution in [1.29, 1.82) is 0 Å². The Balaban J connectivity index is 2.04. The van der Waals surface area contributed by atoms with Crippen LogP contribution in [0.1, 0.15) is 21.9 Å². The highest BCUT2D eigenvalue weighted by atomic mass is 79.9. The van der Waals surface area contributed by atoms with Gasteiger partial charge in [0.15, 0.2) is 0 Å². The Hall–Kier alpha value is -0.350. The van der Waals surface area contributed by atoms with Crippen molar-refractivity contribution in [3.05, 3.63) is 55.1 Å². The van der Waals surface area contributed by atoms with Gasteiger partial charge in [-0.2, -0.15) is 0 Å². The molecular weight excluding hydrogens is 330 g/mol. The molecule has 2 heterocycles. The highest BCUT2D eigenvalue weighted by Crippen LogP contribution is 2.39. The third-order valence-corrected chi connectivity index (χ3v) is 5.16. The van der Waals surface area contributed by atoms with Crippen molar-refractivity contribution >= 4 is 38.9 Å². The van der Waals surface area contributed by atoms with Crippen LogP contribution in [0.15, 0.2) is 34.8 Å². The molecule has 1 aromatic carbocycles. The van der Waals surface area contributed by atoms with Gasteiger partial charge in [0.25, 0.3) is 0 Å². The van der Waals surface area contributed by atoms with Gasteiger partial charge in [0, 0.05) is 28.4 Å². The number of hydrogen-bond donors (Lipinski definition) is 0. The smallest absolute Gasteiger partial charge is 0.0934 e. The summed E-state index contributed by atoms with van der Waals surface area (Å²) in [7, 11) is 2.17. The molecule has 1 atom stereocenters. The second kappa shape index (κ2) is 4.97. The predicted octanol–water partition coefficient (Wildman–Crippen LogP) is 4.74. The summed E-state index contributed by atoms with van der Waals surface area (Å²) in [5.74, 6) is 0.440. The maximum atomic E-state index is 6.17.